The number of benzene rings is 1. The molecule has 0 unspecified atom stereocenters. The Morgan fingerprint density at radius 3 is 2.67 bits per heavy atom. The molecule has 0 saturated heterocycles. The number of esters is 1. The molecule has 7 heteroatoms. The molecule has 0 aliphatic heterocycles. The maximum Gasteiger partial charge on any atom is 0.384 e. The number of hydrogen-bond donors (Lipinski definition) is 0. The highest BCUT2D eigenvalue weighted by atomic mass is 79.9. The quantitative estimate of drug-likeness (QED) is 0.779. The molecular weight excluding hydrogens is 317 g/mol. The number of ether oxygens (including phenoxy) is 2. The van der Waals surface area contributed by atoms with Gasteiger partial charge in [-0.1, -0.05) is 15.9 Å². The predicted octanol–water partition coefficient (Wildman–Crippen LogP) is 3.31. The van der Waals surface area contributed by atoms with Gasteiger partial charge in [0.2, 0.25) is 0 Å². The molecule has 0 aliphatic carbocycles. The molecular formula is C11H10BrF3O3. The Hall–Kier alpha value is -1.08. The van der Waals surface area contributed by atoms with Gasteiger partial charge in [0.05, 0.1) is 19.3 Å². The fraction of sp³-hybridized carbons (Fsp3) is 0.364. The van der Waals surface area contributed by atoms with Crippen molar-refractivity contribution in [3.05, 3.63) is 33.8 Å². The van der Waals surface area contributed by atoms with Gasteiger partial charge in [0.25, 0.3) is 0 Å². The van der Waals surface area contributed by atoms with Crippen LogP contribution in [-0.2, 0) is 16.1 Å². The summed E-state index contributed by atoms with van der Waals surface area (Å²) in [6.45, 7) is -2.52. The van der Waals surface area contributed by atoms with Gasteiger partial charge in [-0.3, -0.25) is 0 Å². The monoisotopic (exact) mass is 326 g/mol. The second-order valence-electron chi connectivity index (χ2n) is 3.35. The Kier molecular flexibility index (Phi) is 5.15. The zero-order chi connectivity index (χ0) is 13.8. The van der Waals surface area contributed by atoms with E-state index in [9.17, 15) is 18.0 Å². The van der Waals surface area contributed by atoms with E-state index in [4.69, 9.17) is 0 Å². The average molecular weight is 327 g/mol. The fourth-order valence-corrected chi connectivity index (χ4v) is 1.62. The van der Waals surface area contributed by atoms with Crippen LogP contribution in [0.1, 0.15) is 15.9 Å². The maximum absolute atomic E-state index is 12.6. The number of halogens is 4. The molecule has 0 saturated carbocycles. The second-order valence-corrected chi connectivity index (χ2v) is 4.27. The third-order valence-corrected chi connectivity index (χ3v) is 2.56. The van der Waals surface area contributed by atoms with Crippen LogP contribution in [0.25, 0.3) is 0 Å². The zero-order valence-electron chi connectivity index (χ0n) is 9.38. The summed E-state index contributed by atoms with van der Waals surface area (Å²) in [4.78, 5) is 11.4. The molecule has 0 N–H and O–H groups in total. The summed E-state index contributed by atoms with van der Waals surface area (Å²) in [6, 6.07) is 4.39. The highest BCUT2D eigenvalue weighted by Crippen LogP contribution is 2.23. The van der Waals surface area contributed by atoms with Gasteiger partial charge in [-0.05, 0) is 23.8 Å². The third kappa shape index (κ3) is 3.99. The van der Waals surface area contributed by atoms with Crippen LogP contribution in [-0.4, -0.2) is 25.9 Å². The van der Waals surface area contributed by atoms with Gasteiger partial charge in [-0.15, -0.1) is 0 Å². The van der Waals surface area contributed by atoms with Gasteiger partial charge in [0, 0.05) is 4.47 Å². The lowest BCUT2D eigenvalue weighted by Gasteiger charge is -2.14. The number of carbonyl (C=O) groups is 1. The van der Waals surface area contributed by atoms with Crippen molar-refractivity contribution in [1.29, 1.82) is 0 Å². The summed E-state index contributed by atoms with van der Waals surface area (Å²) in [5.41, 5.74) is 0.278. The SMILES string of the molecule is COC(=O)c1ccc(Br)cc1COC(F)(F)CF. The summed E-state index contributed by atoms with van der Waals surface area (Å²) in [6.07, 6.45) is -3.87. The first kappa shape index (κ1) is 15.0. The Balaban J connectivity index is 2.93. The number of carbonyl (C=O) groups excluding carboxylic acids is 1. The van der Waals surface area contributed by atoms with Crippen molar-refractivity contribution in [3.8, 4) is 0 Å². The van der Waals surface area contributed by atoms with E-state index in [2.05, 4.69) is 25.4 Å². The molecule has 0 amide bonds. The standard InChI is InChI=1S/C11H10BrF3O3/c1-17-10(16)9-3-2-8(12)4-7(9)5-18-11(14,15)6-13/h2-4H,5-6H2,1H3. The molecule has 0 aromatic heterocycles. The molecule has 18 heavy (non-hydrogen) atoms. The molecule has 0 aliphatic rings. The molecule has 0 bridgehead atoms. The summed E-state index contributed by atoms with van der Waals surface area (Å²) < 4.78 is 46.4. The minimum absolute atomic E-state index is 0.0929. The van der Waals surface area contributed by atoms with E-state index in [1.54, 1.807) is 6.07 Å². The van der Waals surface area contributed by atoms with E-state index in [-0.39, 0.29) is 11.1 Å². The van der Waals surface area contributed by atoms with Crippen molar-refractivity contribution >= 4 is 21.9 Å². The third-order valence-electron chi connectivity index (χ3n) is 2.07. The first-order chi connectivity index (χ1) is 8.39. The number of hydrogen-bond acceptors (Lipinski definition) is 3. The number of methoxy groups -OCH3 is 1. The topological polar surface area (TPSA) is 35.5 Å². The molecule has 0 spiro atoms. The molecule has 1 rings (SSSR count). The summed E-state index contributed by atoms with van der Waals surface area (Å²) in [7, 11) is 1.17. The first-order valence-electron chi connectivity index (χ1n) is 4.84. The van der Waals surface area contributed by atoms with Gasteiger partial charge in [-0.2, -0.15) is 8.78 Å². The van der Waals surface area contributed by atoms with E-state index in [0.29, 0.717) is 4.47 Å². The Morgan fingerprint density at radius 1 is 1.44 bits per heavy atom. The van der Waals surface area contributed by atoms with Gasteiger partial charge in [0.1, 0.15) is 0 Å². The molecule has 1 aromatic rings. The summed E-state index contributed by atoms with van der Waals surface area (Å²) in [5.74, 6) is -0.676. The zero-order valence-corrected chi connectivity index (χ0v) is 11.0. The van der Waals surface area contributed by atoms with Gasteiger partial charge < -0.3 is 9.47 Å². The second kappa shape index (κ2) is 6.19. The lowest BCUT2D eigenvalue weighted by Crippen LogP contribution is -2.23. The lowest BCUT2D eigenvalue weighted by molar-refractivity contribution is -0.252. The predicted molar refractivity (Wildman–Crippen MR) is 61.2 cm³/mol. The van der Waals surface area contributed by atoms with Crippen molar-refractivity contribution in [3.63, 3.8) is 0 Å². The molecule has 0 atom stereocenters. The van der Waals surface area contributed by atoms with Crippen molar-refractivity contribution < 1.29 is 27.4 Å². The van der Waals surface area contributed by atoms with Crippen LogP contribution in [0.5, 0.6) is 0 Å². The summed E-state index contributed by atoms with van der Waals surface area (Å²) >= 11 is 3.14. The van der Waals surface area contributed by atoms with E-state index in [1.807, 2.05) is 0 Å². The molecule has 1 aromatic carbocycles. The highest BCUT2D eigenvalue weighted by Gasteiger charge is 2.30. The van der Waals surface area contributed by atoms with Crippen molar-refractivity contribution in [2.24, 2.45) is 0 Å². The average Bonchev–Trinajstić information content (AvgIpc) is 2.36. The van der Waals surface area contributed by atoms with Gasteiger partial charge >= 0.3 is 12.1 Å². The Bertz CT molecular complexity index is 438. The summed E-state index contributed by atoms with van der Waals surface area (Å²) in [5, 5.41) is 0. The van der Waals surface area contributed by atoms with Crippen LogP contribution in [0.4, 0.5) is 13.2 Å². The van der Waals surface area contributed by atoms with Crippen LogP contribution < -0.4 is 0 Å². The van der Waals surface area contributed by atoms with Crippen molar-refractivity contribution in [2.75, 3.05) is 13.8 Å². The highest BCUT2D eigenvalue weighted by molar-refractivity contribution is 9.10. The van der Waals surface area contributed by atoms with Crippen LogP contribution in [0, 0.1) is 0 Å². The maximum atomic E-state index is 12.6. The molecule has 0 fully saturated rings. The fourth-order valence-electron chi connectivity index (χ4n) is 1.21. The molecule has 3 nitrogen and oxygen atoms in total. The van der Waals surface area contributed by atoms with Gasteiger partial charge in [-0.25, -0.2) is 9.18 Å². The van der Waals surface area contributed by atoms with Crippen LogP contribution >= 0.6 is 15.9 Å². The van der Waals surface area contributed by atoms with Crippen LogP contribution in [0.3, 0.4) is 0 Å². The number of rotatable bonds is 5. The molecule has 0 radical (unpaired) electrons. The minimum Gasteiger partial charge on any atom is -0.465 e. The first-order valence-corrected chi connectivity index (χ1v) is 5.63. The number of alkyl halides is 3. The molecule has 0 heterocycles. The van der Waals surface area contributed by atoms with E-state index in [1.165, 1.54) is 19.2 Å². The Labute approximate surface area is 110 Å². The van der Waals surface area contributed by atoms with Gasteiger partial charge in [0.15, 0.2) is 6.67 Å². The minimum atomic E-state index is -3.87. The smallest absolute Gasteiger partial charge is 0.384 e. The van der Waals surface area contributed by atoms with E-state index < -0.39 is 25.4 Å². The normalized spacial score (nSPS) is 11.4. The van der Waals surface area contributed by atoms with Crippen LogP contribution in [0.15, 0.2) is 22.7 Å². The Morgan fingerprint density at radius 2 is 2.11 bits per heavy atom. The largest absolute Gasteiger partial charge is 0.465 e. The van der Waals surface area contributed by atoms with Crippen molar-refractivity contribution in [2.45, 2.75) is 12.7 Å². The molecule has 100 valence electrons. The van der Waals surface area contributed by atoms with E-state index in [0.717, 1.165) is 0 Å². The van der Waals surface area contributed by atoms with E-state index >= 15 is 0 Å². The lowest BCUT2D eigenvalue weighted by atomic mass is 10.1. The van der Waals surface area contributed by atoms with Crippen LogP contribution in [0.2, 0.25) is 0 Å². The van der Waals surface area contributed by atoms with Crippen molar-refractivity contribution in [1.82, 2.24) is 0 Å².